The predicted molar refractivity (Wildman–Crippen MR) is 82.7 cm³/mol. The molecule has 1 aromatic carbocycles. The molecule has 2 rings (SSSR count). The zero-order valence-electron chi connectivity index (χ0n) is 12.7. The van der Waals surface area contributed by atoms with E-state index in [-0.39, 0.29) is 17.2 Å². The summed E-state index contributed by atoms with van der Waals surface area (Å²) in [7, 11) is -2.17. The lowest BCUT2D eigenvalue weighted by atomic mass is 10.1. The smallest absolute Gasteiger partial charge is 0.246 e. The van der Waals surface area contributed by atoms with Crippen LogP contribution in [0, 0.1) is 20.8 Å². The minimum absolute atomic E-state index is 0.0739. The van der Waals surface area contributed by atoms with Crippen LogP contribution in [0.15, 0.2) is 21.6 Å². The molecular weight excluding hydrogens is 328 g/mol. The average molecular weight is 345 g/mol. The van der Waals surface area contributed by atoms with Gasteiger partial charge in [0.2, 0.25) is 10.0 Å². The molecule has 22 heavy (non-hydrogen) atoms. The van der Waals surface area contributed by atoms with Gasteiger partial charge in [0.15, 0.2) is 5.76 Å². The summed E-state index contributed by atoms with van der Waals surface area (Å²) >= 11 is 6.07. The predicted octanol–water partition coefficient (Wildman–Crippen LogP) is 2.74. The first-order valence-electron chi connectivity index (χ1n) is 6.52. The Hall–Kier alpha value is -1.57. The molecule has 0 saturated heterocycles. The van der Waals surface area contributed by atoms with E-state index >= 15 is 0 Å². The van der Waals surface area contributed by atoms with Crippen LogP contribution in [0.2, 0.25) is 5.02 Å². The monoisotopic (exact) mass is 344 g/mol. The number of hydrogen-bond donors (Lipinski definition) is 1. The molecule has 8 heteroatoms. The second-order valence-corrected chi connectivity index (χ2v) is 7.00. The van der Waals surface area contributed by atoms with E-state index in [1.165, 1.54) is 7.11 Å². The van der Waals surface area contributed by atoms with Gasteiger partial charge in [-0.25, -0.2) is 13.1 Å². The molecule has 0 radical (unpaired) electrons. The summed E-state index contributed by atoms with van der Waals surface area (Å²) in [5.41, 5.74) is 1.97. The van der Waals surface area contributed by atoms with E-state index in [9.17, 15) is 8.42 Å². The molecule has 0 bridgehead atoms. The summed E-state index contributed by atoms with van der Waals surface area (Å²) in [4.78, 5) is 0.0739. The third-order valence-corrected chi connectivity index (χ3v) is 5.24. The third kappa shape index (κ3) is 3.26. The lowest BCUT2D eigenvalue weighted by Gasteiger charge is -2.11. The number of ether oxygens (including phenoxy) is 1. The SMILES string of the molecule is COc1cc(C)c(CNS(=O)(=O)c2c(C)noc2C)cc1Cl. The van der Waals surface area contributed by atoms with Gasteiger partial charge < -0.3 is 9.26 Å². The molecule has 0 aliphatic carbocycles. The molecule has 0 saturated carbocycles. The second-order valence-electron chi connectivity index (χ2n) is 4.89. The number of nitrogens with zero attached hydrogens (tertiary/aromatic N) is 1. The van der Waals surface area contributed by atoms with Crippen molar-refractivity contribution in [1.82, 2.24) is 9.88 Å². The van der Waals surface area contributed by atoms with Gasteiger partial charge in [-0.2, -0.15) is 0 Å². The highest BCUT2D eigenvalue weighted by molar-refractivity contribution is 7.89. The van der Waals surface area contributed by atoms with E-state index in [0.29, 0.717) is 16.5 Å². The molecule has 0 aliphatic heterocycles. The molecule has 0 amide bonds. The Morgan fingerprint density at radius 3 is 2.55 bits per heavy atom. The fraction of sp³-hybridized carbons (Fsp3) is 0.357. The molecular formula is C14H17ClN2O4S. The van der Waals surface area contributed by atoms with E-state index in [1.54, 1.807) is 26.0 Å². The Morgan fingerprint density at radius 1 is 1.32 bits per heavy atom. The van der Waals surface area contributed by atoms with E-state index in [0.717, 1.165) is 11.1 Å². The molecule has 1 aromatic heterocycles. The molecule has 120 valence electrons. The first-order valence-corrected chi connectivity index (χ1v) is 8.38. The van der Waals surface area contributed by atoms with Crippen molar-refractivity contribution in [2.75, 3.05) is 7.11 Å². The van der Waals surface area contributed by atoms with Crippen molar-refractivity contribution < 1.29 is 17.7 Å². The van der Waals surface area contributed by atoms with Gasteiger partial charge in [0.25, 0.3) is 0 Å². The maximum Gasteiger partial charge on any atom is 0.246 e. The van der Waals surface area contributed by atoms with Crippen LogP contribution in [-0.2, 0) is 16.6 Å². The first kappa shape index (κ1) is 16.8. The normalized spacial score (nSPS) is 11.7. The molecule has 0 atom stereocenters. The summed E-state index contributed by atoms with van der Waals surface area (Å²) < 4.78 is 37.3. The van der Waals surface area contributed by atoms with Crippen molar-refractivity contribution in [3.8, 4) is 5.75 Å². The van der Waals surface area contributed by atoms with Crippen molar-refractivity contribution in [3.05, 3.63) is 39.7 Å². The van der Waals surface area contributed by atoms with Gasteiger partial charge in [0, 0.05) is 6.54 Å². The van der Waals surface area contributed by atoms with Crippen LogP contribution < -0.4 is 9.46 Å². The maximum absolute atomic E-state index is 12.4. The van der Waals surface area contributed by atoms with Gasteiger partial charge in [0.1, 0.15) is 16.3 Å². The molecule has 0 aliphatic rings. The number of methoxy groups -OCH3 is 1. The minimum Gasteiger partial charge on any atom is -0.495 e. The fourth-order valence-corrected chi connectivity index (χ4v) is 3.74. The van der Waals surface area contributed by atoms with Crippen LogP contribution in [-0.4, -0.2) is 20.7 Å². The van der Waals surface area contributed by atoms with E-state index in [1.807, 2.05) is 6.92 Å². The summed E-state index contributed by atoms with van der Waals surface area (Å²) in [5, 5.41) is 4.09. The summed E-state index contributed by atoms with van der Waals surface area (Å²) in [5.74, 6) is 0.811. The van der Waals surface area contributed by atoms with Gasteiger partial charge in [-0.1, -0.05) is 16.8 Å². The van der Waals surface area contributed by atoms with Gasteiger partial charge in [-0.3, -0.25) is 0 Å². The zero-order chi connectivity index (χ0) is 16.5. The molecule has 0 spiro atoms. The number of aryl methyl sites for hydroxylation is 3. The Morgan fingerprint density at radius 2 is 2.00 bits per heavy atom. The van der Waals surface area contributed by atoms with Crippen LogP contribution in [0.5, 0.6) is 5.75 Å². The van der Waals surface area contributed by atoms with Crippen LogP contribution in [0.4, 0.5) is 0 Å². The second kappa shape index (κ2) is 6.28. The van der Waals surface area contributed by atoms with Crippen molar-refractivity contribution in [2.24, 2.45) is 0 Å². The number of nitrogens with one attached hydrogen (secondary N) is 1. The van der Waals surface area contributed by atoms with E-state index < -0.39 is 10.0 Å². The van der Waals surface area contributed by atoms with Gasteiger partial charge in [0.05, 0.1) is 12.1 Å². The van der Waals surface area contributed by atoms with Gasteiger partial charge in [-0.15, -0.1) is 0 Å². The lowest BCUT2D eigenvalue weighted by Crippen LogP contribution is -2.24. The van der Waals surface area contributed by atoms with E-state index in [4.69, 9.17) is 20.9 Å². The number of halogens is 1. The van der Waals surface area contributed by atoms with Crippen molar-refractivity contribution in [1.29, 1.82) is 0 Å². The minimum atomic E-state index is -3.70. The molecule has 0 fully saturated rings. The highest BCUT2D eigenvalue weighted by Gasteiger charge is 2.24. The Balaban J connectivity index is 2.25. The lowest BCUT2D eigenvalue weighted by molar-refractivity contribution is 0.390. The highest BCUT2D eigenvalue weighted by atomic mass is 35.5. The first-order chi connectivity index (χ1) is 10.3. The van der Waals surface area contributed by atoms with Crippen LogP contribution >= 0.6 is 11.6 Å². The van der Waals surface area contributed by atoms with Crippen LogP contribution in [0.1, 0.15) is 22.6 Å². The van der Waals surface area contributed by atoms with Gasteiger partial charge >= 0.3 is 0 Å². The van der Waals surface area contributed by atoms with Crippen molar-refractivity contribution in [3.63, 3.8) is 0 Å². The van der Waals surface area contributed by atoms with E-state index in [2.05, 4.69) is 9.88 Å². The maximum atomic E-state index is 12.4. The zero-order valence-corrected chi connectivity index (χ0v) is 14.3. The molecule has 2 aromatic rings. The van der Waals surface area contributed by atoms with Crippen molar-refractivity contribution in [2.45, 2.75) is 32.2 Å². The number of benzene rings is 1. The number of aromatic nitrogens is 1. The number of rotatable bonds is 5. The van der Waals surface area contributed by atoms with Crippen molar-refractivity contribution >= 4 is 21.6 Å². The Labute approximate surface area is 134 Å². The Bertz CT molecular complexity index is 780. The fourth-order valence-electron chi connectivity index (χ4n) is 2.15. The molecule has 1 N–H and O–H groups in total. The Kier molecular flexibility index (Phi) is 4.79. The molecule has 0 unspecified atom stereocenters. The molecule has 6 nitrogen and oxygen atoms in total. The number of hydrogen-bond acceptors (Lipinski definition) is 5. The largest absolute Gasteiger partial charge is 0.495 e. The summed E-state index contributed by atoms with van der Waals surface area (Å²) in [6.45, 7) is 5.12. The van der Waals surface area contributed by atoms with Crippen LogP contribution in [0.25, 0.3) is 0 Å². The third-order valence-electron chi connectivity index (χ3n) is 3.30. The summed E-state index contributed by atoms with van der Waals surface area (Å²) in [6.07, 6.45) is 0. The average Bonchev–Trinajstić information content (AvgIpc) is 2.79. The topological polar surface area (TPSA) is 81.4 Å². The summed E-state index contributed by atoms with van der Waals surface area (Å²) in [6, 6.07) is 3.45. The van der Waals surface area contributed by atoms with Gasteiger partial charge in [-0.05, 0) is 44.0 Å². The molecule has 1 heterocycles. The highest BCUT2D eigenvalue weighted by Crippen LogP contribution is 2.28. The standard InChI is InChI=1S/C14H17ClN2O4S/c1-8-5-13(20-4)12(15)6-11(8)7-16-22(18,19)14-9(2)17-21-10(14)3/h5-6,16H,7H2,1-4H3. The quantitative estimate of drug-likeness (QED) is 0.901. The number of sulfonamides is 1. The van der Waals surface area contributed by atoms with Crippen LogP contribution in [0.3, 0.4) is 0 Å².